The summed E-state index contributed by atoms with van der Waals surface area (Å²) >= 11 is 0. The average Bonchev–Trinajstić information content (AvgIpc) is 1.13. The van der Waals surface area contributed by atoms with E-state index in [1.54, 1.807) is 0 Å². The molecule has 9 fully saturated rings. The number of piperidine rings is 9. The lowest BCUT2D eigenvalue weighted by Gasteiger charge is -2.59. The molecule has 9 aliphatic rings. The van der Waals surface area contributed by atoms with Crippen molar-refractivity contribution >= 4 is 32.7 Å². The smallest absolute Gasteiger partial charge is 0.135 e. The predicted octanol–water partition coefficient (Wildman–Crippen LogP) is 5.91. The van der Waals surface area contributed by atoms with Gasteiger partial charge < -0.3 is 78.6 Å². The minimum atomic E-state index is -0.144. The number of pyridine rings is 3. The van der Waals surface area contributed by atoms with Gasteiger partial charge in [-0.3, -0.25) is 15.0 Å². The molecule has 4 aromatic carbocycles. The minimum absolute atomic E-state index is 0. The zero-order valence-electron chi connectivity index (χ0n) is 50.5. The van der Waals surface area contributed by atoms with Crippen molar-refractivity contribution in [2.75, 3.05) is 59.1 Å². The molecule has 3 unspecified atom stereocenters. The zero-order chi connectivity index (χ0) is 57.4. The topological polar surface area (TPSA) is 66.4 Å². The fourth-order valence-electron chi connectivity index (χ4n) is 18.1. The van der Waals surface area contributed by atoms with Gasteiger partial charge in [0, 0.05) is 108 Å². The van der Waals surface area contributed by atoms with Crippen molar-refractivity contribution in [3.05, 3.63) is 237 Å². The summed E-state index contributed by atoms with van der Waals surface area (Å²) < 4.78 is 24.3. The lowest BCUT2D eigenvalue weighted by atomic mass is 9.70. The maximum atomic E-state index is 7.16. The van der Waals surface area contributed by atoms with Crippen LogP contribution in [0.3, 0.4) is 0 Å². The van der Waals surface area contributed by atoms with Gasteiger partial charge in [0.15, 0.2) is 0 Å². The quantitative estimate of drug-likeness (QED) is 0.0555. The second kappa shape index (κ2) is 27.9. The lowest BCUT2D eigenvalue weighted by Crippen LogP contribution is -3.00. The van der Waals surface area contributed by atoms with E-state index in [1.807, 2.05) is 36.8 Å². The van der Waals surface area contributed by atoms with Crippen LogP contribution in [-0.4, -0.2) is 106 Å². The summed E-state index contributed by atoms with van der Waals surface area (Å²) in [6.07, 6.45) is 24.9. The Morgan fingerprint density at radius 2 is 0.701 bits per heavy atom. The number of hydrogen-bond acceptors (Lipinski definition) is 6. The Kier molecular flexibility index (Phi) is 20.7. The SMILES string of the molecule is C=CCO[C@H](c1ccnc2ccccc12)[C@@H]1C[C@@H]2CC[N+]1(Cc1cc(C[N+]34CC[C@@H](C[C@H]3[C@H](OCC=C)c3ccnc5ccccc35)[C@@H](C=C)C4)cc(C[N+]34CC[C@@H](C[C@H]3[C@H](OCC=C)c3ccnc5ccccc35)[C@@H](C=C)C4)c1)C[C@@H]2C=C.[Br-].[Br-].[Br-]. The van der Waals surface area contributed by atoms with E-state index in [4.69, 9.17) is 29.2 Å². The normalized spacial score (nSPS) is 29.6. The fourth-order valence-corrected chi connectivity index (χ4v) is 18.1. The zero-order valence-corrected chi connectivity index (χ0v) is 55.3. The maximum absolute atomic E-state index is 7.16. The number of fused-ring (bicyclic) bond motifs is 12. The number of quaternary nitrogens is 3. The summed E-state index contributed by atoms with van der Waals surface area (Å²) in [6, 6.07) is 41.1. The third kappa shape index (κ3) is 12.3. The molecule has 0 saturated carbocycles. The van der Waals surface area contributed by atoms with Crippen molar-refractivity contribution in [1.82, 2.24) is 15.0 Å². The van der Waals surface area contributed by atoms with Gasteiger partial charge in [0.2, 0.25) is 0 Å². The Labute approximate surface area is 548 Å². The van der Waals surface area contributed by atoms with Gasteiger partial charge in [0.05, 0.1) is 75.6 Å². The van der Waals surface area contributed by atoms with Gasteiger partial charge in [-0.25, -0.2) is 0 Å². The molecule has 6 bridgehead atoms. The molecule has 16 rings (SSSR count). The van der Waals surface area contributed by atoms with Crippen LogP contribution in [0.25, 0.3) is 32.7 Å². The highest BCUT2D eigenvalue weighted by Gasteiger charge is 2.58. The number of para-hydroxylation sites is 3. The van der Waals surface area contributed by atoms with Gasteiger partial charge in [0.1, 0.15) is 56.1 Å². The fraction of sp³-hybridized carbons (Fsp3) is 0.400. The highest BCUT2D eigenvalue weighted by Crippen LogP contribution is 2.53. The van der Waals surface area contributed by atoms with Crippen LogP contribution in [0.2, 0.25) is 0 Å². The summed E-state index contributed by atoms with van der Waals surface area (Å²) in [4.78, 5) is 14.6. The molecule has 0 N–H and O–H groups in total. The number of hydrogen-bond donors (Lipinski definition) is 0. The van der Waals surface area contributed by atoms with E-state index >= 15 is 0 Å². The molecule has 9 nitrogen and oxygen atoms in total. The number of rotatable bonds is 24. The van der Waals surface area contributed by atoms with E-state index in [1.165, 1.54) is 68.8 Å². The largest absolute Gasteiger partial charge is 1.00 e. The summed E-state index contributed by atoms with van der Waals surface area (Å²) in [6.45, 7) is 36.7. The molecular formula is C75H87Br3N6O3. The molecule has 456 valence electrons. The van der Waals surface area contributed by atoms with E-state index < -0.39 is 0 Å². The number of nitrogens with zero attached hydrogens (tertiary/aromatic N) is 6. The van der Waals surface area contributed by atoms with Gasteiger partial charge in [-0.2, -0.15) is 0 Å². The van der Waals surface area contributed by atoms with Gasteiger partial charge in [0.25, 0.3) is 0 Å². The number of halogens is 3. The van der Waals surface area contributed by atoms with E-state index in [2.05, 4.69) is 167 Å². The van der Waals surface area contributed by atoms with Crippen LogP contribution in [0, 0.1) is 35.5 Å². The Balaban J connectivity index is 0.00000279. The van der Waals surface area contributed by atoms with Gasteiger partial charge in [-0.05, 0) is 89.0 Å². The number of ether oxygens (including phenoxy) is 3. The second-order valence-electron chi connectivity index (χ2n) is 26.1. The van der Waals surface area contributed by atoms with Crippen molar-refractivity contribution in [1.29, 1.82) is 0 Å². The standard InChI is InChI=1S/C75H87N6O3.3BrH/c1-7-37-82-73(64-25-31-76-67-22-16-13-19-61(64)67)70-43-58-28-34-79(70,49-55(58)10-4)46-52-40-53(47-80-35-29-59(56(11-5)50-80)44-71(80)74(83-38-8-2)65-26-32-77-68-23-17-14-20-62(65)68)42-54(41-52)48-81-36-30-60(57(12-6)51-81)45-72(81)75(84-39-9-3)66-27-33-78-69-24-18-15-21-63(66)69;;;/h7-27,31-33,40-42,55-60,70-75H,1-6,28-30,34-39,43-51H2;3*1H/q+3;;;/p-3/t55-,56-,57-,58-,59-,60-,70-,71-,72-,73+,74+,75+,79?,80?,81?;;;/m0.../s1. The van der Waals surface area contributed by atoms with Crippen molar-refractivity contribution in [2.24, 2.45) is 35.5 Å². The molecule has 9 saturated heterocycles. The van der Waals surface area contributed by atoms with Crippen LogP contribution in [0.15, 0.2) is 204 Å². The molecule has 87 heavy (non-hydrogen) atoms. The van der Waals surface area contributed by atoms with Crippen LogP contribution < -0.4 is 50.9 Å². The first-order valence-corrected chi connectivity index (χ1v) is 31.5. The lowest BCUT2D eigenvalue weighted by molar-refractivity contribution is -0.986. The van der Waals surface area contributed by atoms with E-state index in [0.717, 1.165) is 108 Å². The van der Waals surface area contributed by atoms with Gasteiger partial charge in [-0.1, -0.05) is 91.1 Å². The summed E-state index contributed by atoms with van der Waals surface area (Å²) in [5.74, 6) is 2.94. The molecule has 0 amide bonds. The predicted molar refractivity (Wildman–Crippen MR) is 340 cm³/mol. The highest BCUT2D eigenvalue weighted by molar-refractivity contribution is 5.84. The van der Waals surface area contributed by atoms with Crippen LogP contribution in [0.4, 0.5) is 0 Å². The van der Waals surface area contributed by atoms with Gasteiger partial charge in [-0.15, -0.1) is 39.5 Å². The second-order valence-corrected chi connectivity index (χ2v) is 26.1. The van der Waals surface area contributed by atoms with Crippen molar-refractivity contribution in [3.8, 4) is 0 Å². The molecule has 0 spiro atoms. The Morgan fingerprint density at radius 3 is 0.977 bits per heavy atom. The summed E-state index contributed by atoms with van der Waals surface area (Å²) in [7, 11) is 0. The van der Waals surface area contributed by atoms with Crippen LogP contribution in [0.1, 0.15) is 90.2 Å². The number of aromatic nitrogens is 3. The molecule has 12 heterocycles. The summed E-state index contributed by atoms with van der Waals surface area (Å²) in [5, 5.41) is 3.51. The first-order valence-electron chi connectivity index (χ1n) is 31.5. The molecule has 0 aliphatic carbocycles. The molecule has 9 aliphatic heterocycles. The van der Waals surface area contributed by atoms with Gasteiger partial charge >= 0.3 is 0 Å². The molecule has 12 heteroatoms. The third-order valence-corrected chi connectivity index (χ3v) is 21.8. The number of benzene rings is 4. The van der Waals surface area contributed by atoms with Crippen molar-refractivity contribution < 1.29 is 78.6 Å². The van der Waals surface area contributed by atoms with E-state index in [9.17, 15) is 0 Å². The average molecular weight is 1360 g/mol. The molecule has 0 radical (unpaired) electrons. The van der Waals surface area contributed by atoms with E-state index in [-0.39, 0.29) is 87.4 Å². The highest BCUT2D eigenvalue weighted by atomic mass is 79.9. The first-order chi connectivity index (χ1) is 41.2. The minimum Gasteiger partial charge on any atom is -1.00 e. The maximum Gasteiger partial charge on any atom is 0.135 e. The Bertz CT molecular complexity index is 3220. The monoisotopic (exact) mass is 1360 g/mol. The van der Waals surface area contributed by atoms with Crippen molar-refractivity contribution in [2.45, 2.75) is 94.6 Å². The van der Waals surface area contributed by atoms with E-state index in [0.29, 0.717) is 55.3 Å². The molecule has 7 aromatic rings. The van der Waals surface area contributed by atoms with Crippen molar-refractivity contribution in [3.63, 3.8) is 0 Å². The third-order valence-electron chi connectivity index (χ3n) is 21.8. The molecular weight excluding hydrogens is 1270 g/mol. The summed E-state index contributed by atoms with van der Waals surface area (Å²) in [5.41, 5.74) is 11.0. The molecule has 15 atom stereocenters. The van der Waals surface area contributed by atoms with Crippen LogP contribution in [0.5, 0.6) is 0 Å². The molecule has 3 aromatic heterocycles. The van der Waals surface area contributed by atoms with Crippen LogP contribution in [-0.2, 0) is 33.8 Å². The first kappa shape index (κ1) is 64.7. The Hall–Kier alpha value is -5.25. The Morgan fingerprint density at radius 1 is 0.414 bits per heavy atom. The van der Waals surface area contributed by atoms with Crippen LogP contribution >= 0.6 is 0 Å².